The Hall–Kier alpha value is -2.47. The van der Waals surface area contributed by atoms with Gasteiger partial charge in [0.1, 0.15) is 0 Å². The van der Waals surface area contributed by atoms with Crippen LogP contribution in [0.4, 0.5) is 5.95 Å². The molecule has 26 heavy (non-hydrogen) atoms. The second kappa shape index (κ2) is 11.2. The predicted molar refractivity (Wildman–Crippen MR) is 106 cm³/mol. The number of hydrogen-bond acceptors (Lipinski definition) is 5. The topological polar surface area (TPSA) is 67.4 Å². The zero-order valence-electron chi connectivity index (χ0n) is 16.5. The summed E-state index contributed by atoms with van der Waals surface area (Å²) in [6.07, 6.45) is 6.17. The lowest BCUT2D eigenvalue weighted by atomic mass is 10.1. The molecule has 6 heteroatoms. The molecule has 1 heterocycles. The van der Waals surface area contributed by atoms with Gasteiger partial charge in [0.15, 0.2) is 0 Å². The Morgan fingerprint density at radius 1 is 1.35 bits per heavy atom. The van der Waals surface area contributed by atoms with Crippen LogP contribution in [0.3, 0.4) is 0 Å². The third-order valence-corrected chi connectivity index (χ3v) is 3.55. The molecule has 0 aliphatic heterocycles. The van der Waals surface area contributed by atoms with Gasteiger partial charge in [-0.05, 0) is 45.8 Å². The summed E-state index contributed by atoms with van der Waals surface area (Å²) in [6, 6.07) is 1.91. The number of anilines is 1. The number of amides is 1. The van der Waals surface area contributed by atoms with Gasteiger partial charge in [0, 0.05) is 23.5 Å². The van der Waals surface area contributed by atoms with Gasteiger partial charge in [-0.3, -0.25) is 9.63 Å². The number of carbonyl (C=O) groups excluding carboxylic acids is 1. The van der Waals surface area contributed by atoms with Crippen LogP contribution in [0.2, 0.25) is 0 Å². The molecule has 142 valence electrons. The Morgan fingerprint density at radius 3 is 2.54 bits per heavy atom. The number of allylic oxidation sites excluding steroid dienone is 3. The molecule has 0 saturated carbocycles. The first-order valence-corrected chi connectivity index (χ1v) is 8.89. The van der Waals surface area contributed by atoms with Gasteiger partial charge in [-0.2, -0.15) is 0 Å². The van der Waals surface area contributed by atoms with Crippen LogP contribution in [0.1, 0.15) is 38.6 Å². The largest absolute Gasteiger partial charge is 0.350 e. The molecule has 0 aromatic carbocycles. The first kappa shape index (κ1) is 21.6. The van der Waals surface area contributed by atoms with E-state index in [4.69, 9.17) is 4.84 Å². The van der Waals surface area contributed by atoms with Gasteiger partial charge in [-0.15, -0.1) is 0 Å². The molecule has 0 saturated heterocycles. The molecule has 0 aliphatic carbocycles. The minimum Gasteiger partial charge on any atom is -0.350 e. The van der Waals surface area contributed by atoms with Crippen LogP contribution in [-0.2, 0) is 9.63 Å². The number of aryl methyl sites for hydroxylation is 2. The summed E-state index contributed by atoms with van der Waals surface area (Å²) >= 11 is 0. The maximum absolute atomic E-state index is 12.4. The van der Waals surface area contributed by atoms with Crippen molar-refractivity contribution in [2.24, 2.45) is 0 Å². The first-order valence-electron chi connectivity index (χ1n) is 8.89. The minimum absolute atomic E-state index is 0.141. The van der Waals surface area contributed by atoms with Crippen molar-refractivity contribution in [3.63, 3.8) is 0 Å². The number of aromatic nitrogens is 2. The van der Waals surface area contributed by atoms with Gasteiger partial charge in [0.05, 0.1) is 13.2 Å². The number of carbonyl (C=O) groups is 1. The van der Waals surface area contributed by atoms with Crippen LogP contribution < -0.4 is 10.4 Å². The number of nitrogens with one attached hydrogen (secondary N) is 1. The lowest BCUT2D eigenvalue weighted by Crippen LogP contribution is -2.36. The normalized spacial score (nSPS) is 12.0. The van der Waals surface area contributed by atoms with E-state index in [1.165, 1.54) is 0 Å². The van der Waals surface area contributed by atoms with Crippen LogP contribution in [0.25, 0.3) is 0 Å². The monoisotopic (exact) mass is 358 g/mol. The van der Waals surface area contributed by atoms with Gasteiger partial charge >= 0.3 is 0 Å². The predicted octanol–water partition coefficient (Wildman–Crippen LogP) is 3.44. The van der Waals surface area contributed by atoms with Crippen LogP contribution in [0.15, 0.2) is 42.0 Å². The highest BCUT2D eigenvalue weighted by Crippen LogP contribution is 2.11. The first-order chi connectivity index (χ1) is 12.4. The van der Waals surface area contributed by atoms with E-state index in [0.717, 1.165) is 23.4 Å². The van der Waals surface area contributed by atoms with Crippen LogP contribution in [0.5, 0.6) is 0 Å². The van der Waals surface area contributed by atoms with E-state index >= 15 is 0 Å². The molecule has 1 rings (SSSR count). The molecule has 0 fully saturated rings. The second-order valence-corrected chi connectivity index (χ2v) is 5.94. The molecule has 6 nitrogen and oxygen atoms in total. The highest BCUT2D eigenvalue weighted by molar-refractivity contribution is 5.97. The zero-order chi connectivity index (χ0) is 19.5. The summed E-state index contributed by atoms with van der Waals surface area (Å²) in [5.74, 6) is 0.369. The molecule has 0 bridgehead atoms. The Morgan fingerprint density at radius 2 is 2.00 bits per heavy atom. The lowest BCUT2D eigenvalue weighted by Gasteiger charge is -2.22. The minimum atomic E-state index is -0.141. The van der Waals surface area contributed by atoms with E-state index in [1.807, 2.05) is 46.8 Å². The Balaban J connectivity index is 2.81. The fourth-order valence-electron chi connectivity index (χ4n) is 2.27. The molecular weight excluding hydrogens is 328 g/mol. The molecule has 0 atom stereocenters. The van der Waals surface area contributed by atoms with Crippen molar-refractivity contribution in [1.82, 2.24) is 15.3 Å². The van der Waals surface area contributed by atoms with Crippen molar-refractivity contribution in [3.05, 3.63) is 53.4 Å². The highest BCUT2D eigenvalue weighted by atomic mass is 16.7. The third-order valence-electron chi connectivity index (χ3n) is 3.55. The van der Waals surface area contributed by atoms with Crippen molar-refractivity contribution < 1.29 is 9.63 Å². The van der Waals surface area contributed by atoms with E-state index < -0.39 is 0 Å². The molecule has 0 spiro atoms. The van der Waals surface area contributed by atoms with Crippen molar-refractivity contribution in [2.45, 2.75) is 41.0 Å². The summed E-state index contributed by atoms with van der Waals surface area (Å²) in [7, 11) is 0. The molecule has 1 aromatic rings. The lowest BCUT2D eigenvalue weighted by molar-refractivity contribution is -0.117. The molecule has 0 radical (unpaired) electrons. The number of hydrogen-bond donors (Lipinski definition) is 1. The van der Waals surface area contributed by atoms with Crippen molar-refractivity contribution >= 4 is 11.9 Å². The molecule has 1 N–H and O–H groups in total. The van der Waals surface area contributed by atoms with E-state index in [1.54, 1.807) is 17.2 Å². The number of nitrogens with zero attached hydrogens (tertiary/aromatic N) is 3. The van der Waals surface area contributed by atoms with Crippen molar-refractivity contribution in [3.8, 4) is 0 Å². The Kier molecular flexibility index (Phi) is 9.30. The van der Waals surface area contributed by atoms with Gasteiger partial charge in [0.25, 0.3) is 5.91 Å². The molecule has 0 aliphatic rings. The second-order valence-electron chi connectivity index (χ2n) is 5.94. The fraction of sp³-hybridized carbons (Fsp3) is 0.450. The standard InChI is InChI=1S/C20H30N4O2/c1-7-10-18(15(4)9-3)19(25)21-11-12-24(26-13-8-2)20-22-16(5)14-17(6)23-20/h7,9-10,14H,3,8,11-13H2,1-2,4-6H3,(H,21,25)/b10-7-,18-15+. The molecule has 0 unspecified atom stereocenters. The average Bonchev–Trinajstić information content (AvgIpc) is 2.60. The van der Waals surface area contributed by atoms with E-state index in [-0.39, 0.29) is 5.91 Å². The van der Waals surface area contributed by atoms with Crippen LogP contribution >= 0.6 is 0 Å². The Bertz CT molecular complexity index is 660. The van der Waals surface area contributed by atoms with Gasteiger partial charge in [-0.25, -0.2) is 15.0 Å². The van der Waals surface area contributed by atoms with E-state index in [0.29, 0.717) is 31.2 Å². The summed E-state index contributed by atoms with van der Waals surface area (Å²) in [4.78, 5) is 27.0. The van der Waals surface area contributed by atoms with Crippen LogP contribution in [0, 0.1) is 13.8 Å². The number of rotatable bonds is 10. The van der Waals surface area contributed by atoms with E-state index in [2.05, 4.69) is 21.9 Å². The fourth-order valence-corrected chi connectivity index (χ4v) is 2.27. The average molecular weight is 358 g/mol. The summed E-state index contributed by atoms with van der Waals surface area (Å²) in [5.41, 5.74) is 3.19. The smallest absolute Gasteiger partial charge is 0.251 e. The zero-order valence-corrected chi connectivity index (χ0v) is 16.5. The summed E-state index contributed by atoms with van der Waals surface area (Å²) in [5, 5.41) is 4.56. The Labute approximate surface area is 156 Å². The van der Waals surface area contributed by atoms with E-state index in [9.17, 15) is 4.79 Å². The SMILES string of the molecule is C=C/C(C)=C(\C=C/C)C(=O)NCCN(OCCC)c1nc(C)cc(C)n1. The quantitative estimate of drug-likeness (QED) is 0.394. The molecule has 1 amide bonds. The van der Waals surface area contributed by atoms with Gasteiger partial charge in [-0.1, -0.05) is 31.7 Å². The van der Waals surface area contributed by atoms with Crippen molar-refractivity contribution in [1.29, 1.82) is 0 Å². The number of hydroxylamine groups is 1. The highest BCUT2D eigenvalue weighted by Gasteiger charge is 2.13. The maximum atomic E-state index is 12.4. The third kappa shape index (κ3) is 6.80. The van der Waals surface area contributed by atoms with Gasteiger partial charge in [0.2, 0.25) is 5.95 Å². The van der Waals surface area contributed by atoms with Crippen molar-refractivity contribution in [2.75, 3.05) is 24.8 Å². The maximum Gasteiger partial charge on any atom is 0.251 e. The van der Waals surface area contributed by atoms with Crippen LogP contribution in [-0.4, -0.2) is 35.6 Å². The molecular formula is C20H30N4O2. The van der Waals surface area contributed by atoms with Gasteiger partial charge < -0.3 is 5.32 Å². The summed E-state index contributed by atoms with van der Waals surface area (Å²) < 4.78 is 0. The molecule has 1 aromatic heterocycles. The summed E-state index contributed by atoms with van der Waals surface area (Å²) in [6.45, 7) is 14.8.